The summed E-state index contributed by atoms with van der Waals surface area (Å²) < 4.78 is 1.93. The Hall–Kier alpha value is 0.480. The van der Waals surface area contributed by atoms with Gasteiger partial charge in [-0.25, -0.2) is 0 Å². The van der Waals surface area contributed by atoms with E-state index < -0.39 is 0 Å². The molecule has 0 heterocycles. The highest BCUT2D eigenvalue weighted by Gasteiger charge is 1.97. The Balaban J connectivity index is 3.07. The van der Waals surface area contributed by atoms with Crippen LogP contribution in [0.25, 0.3) is 0 Å². The summed E-state index contributed by atoms with van der Waals surface area (Å²) in [6, 6.07) is 5.71. The predicted octanol–water partition coefficient (Wildman–Crippen LogP) is 2.93. The second-order valence-electron chi connectivity index (χ2n) is 1.91. The summed E-state index contributed by atoms with van der Waals surface area (Å²) in [6.45, 7) is 0. The second kappa shape index (κ2) is 3.75. The fraction of sp³-hybridized carbons (Fsp3) is 0.143. The molecule has 10 heavy (non-hydrogen) atoms. The molecule has 1 N–H and O–H groups in total. The van der Waals surface area contributed by atoms with E-state index in [4.69, 9.17) is 0 Å². The van der Waals surface area contributed by atoms with Gasteiger partial charge in [0.25, 0.3) is 0 Å². The van der Waals surface area contributed by atoms with Gasteiger partial charge in [-0.1, -0.05) is 28.7 Å². The summed E-state index contributed by atoms with van der Waals surface area (Å²) in [6.07, 6.45) is 0. The molecule has 1 aromatic carbocycles. The molecule has 1 rings (SSSR count). The van der Waals surface area contributed by atoms with Crippen LogP contribution >= 0.6 is 45.2 Å². The Labute approximate surface area is 87.1 Å². The molecule has 0 unspecified atom stereocenters. The van der Waals surface area contributed by atoms with Crippen LogP contribution in [0.15, 0.2) is 18.2 Å². The second-order valence-corrected chi connectivity index (χ2v) is 3.92. The zero-order valence-corrected chi connectivity index (χ0v) is 9.46. The van der Waals surface area contributed by atoms with Gasteiger partial charge in [0.1, 0.15) is 5.75 Å². The van der Waals surface area contributed by atoms with Gasteiger partial charge < -0.3 is 5.11 Å². The van der Waals surface area contributed by atoms with E-state index in [0.29, 0.717) is 5.75 Å². The first-order valence-electron chi connectivity index (χ1n) is 2.77. The highest BCUT2D eigenvalue weighted by Crippen LogP contribution is 2.21. The number of rotatable bonds is 1. The average molecular weight is 360 g/mol. The molecule has 0 aliphatic heterocycles. The molecule has 0 atom stereocenters. The monoisotopic (exact) mass is 360 g/mol. The molecular formula is C7H6I2O. The summed E-state index contributed by atoms with van der Waals surface area (Å²) in [7, 11) is 0. The maximum atomic E-state index is 9.28. The molecule has 0 bridgehead atoms. The average Bonchev–Trinajstić information content (AvgIpc) is 1.88. The maximum Gasteiger partial charge on any atom is 0.120 e. The van der Waals surface area contributed by atoms with Gasteiger partial charge in [0.2, 0.25) is 0 Å². The van der Waals surface area contributed by atoms with E-state index in [0.717, 1.165) is 13.6 Å². The molecule has 3 heteroatoms. The normalized spacial score (nSPS) is 9.80. The lowest BCUT2D eigenvalue weighted by molar-refractivity contribution is 0.470. The molecular weight excluding hydrogens is 354 g/mol. The zero-order valence-electron chi connectivity index (χ0n) is 5.14. The van der Waals surface area contributed by atoms with Crippen molar-refractivity contribution in [2.75, 3.05) is 0 Å². The van der Waals surface area contributed by atoms with Crippen LogP contribution in [0.4, 0.5) is 0 Å². The van der Waals surface area contributed by atoms with Crippen LogP contribution in [0.3, 0.4) is 0 Å². The molecule has 0 radical (unpaired) electrons. The van der Waals surface area contributed by atoms with Gasteiger partial charge in [0.15, 0.2) is 0 Å². The van der Waals surface area contributed by atoms with E-state index >= 15 is 0 Å². The third kappa shape index (κ3) is 1.98. The Morgan fingerprint density at radius 1 is 1.40 bits per heavy atom. The molecule has 0 amide bonds. The summed E-state index contributed by atoms with van der Waals surface area (Å²) >= 11 is 4.40. The van der Waals surface area contributed by atoms with E-state index in [-0.39, 0.29) is 0 Å². The van der Waals surface area contributed by atoms with Crippen LogP contribution in [0.1, 0.15) is 5.56 Å². The van der Waals surface area contributed by atoms with Crippen molar-refractivity contribution in [1.82, 2.24) is 0 Å². The molecule has 1 aromatic rings. The molecule has 0 spiro atoms. The van der Waals surface area contributed by atoms with Gasteiger partial charge in [-0.3, -0.25) is 0 Å². The molecule has 1 nitrogen and oxygen atoms in total. The van der Waals surface area contributed by atoms with Crippen molar-refractivity contribution in [3.8, 4) is 5.75 Å². The zero-order chi connectivity index (χ0) is 7.56. The topological polar surface area (TPSA) is 20.2 Å². The standard InChI is InChI=1S/C7H6I2O/c8-4-5-1-2-6(9)3-7(5)10/h1-3,10H,4H2. The van der Waals surface area contributed by atoms with Crippen LogP contribution in [-0.4, -0.2) is 5.11 Å². The summed E-state index contributed by atoms with van der Waals surface area (Å²) in [5.74, 6) is 0.404. The van der Waals surface area contributed by atoms with Crippen molar-refractivity contribution >= 4 is 45.2 Å². The van der Waals surface area contributed by atoms with Crippen molar-refractivity contribution in [3.05, 3.63) is 27.3 Å². The minimum Gasteiger partial charge on any atom is -0.508 e. The molecule has 0 aliphatic carbocycles. The summed E-state index contributed by atoms with van der Waals surface area (Å²) in [5.41, 5.74) is 1.00. The van der Waals surface area contributed by atoms with Crippen LogP contribution in [0, 0.1) is 3.57 Å². The lowest BCUT2D eigenvalue weighted by Gasteiger charge is -1.99. The number of phenols is 1. The SMILES string of the molecule is Oc1cc(I)ccc1CI. The van der Waals surface area contributed by atoms with E-state index in [2.05, 4.69) is 45.2 Å². The van der Waals surface area contributed by atoms with E-state index in [1.54, 1.807) is 6.07 Å². The number of aromatic hydroxyl groups is 1. The third-order valence-corrected chi connectivity index (χ3v) is 2.68. The fourth-order valence-electron chi connectivity index (χ4n) is 0.650. The maximum absolute atomic E-state index is 9.28. The number of halogens is 2. The van der Waals surface area contributed by atoms with Crippen LogP contribution < -0.4 is 0 Å². The van der Waals surface area contributed by atoms with Crippen LogP contribution in [0.5, 0.6) is 5.75 Å². The minimum absolute atomic E-state index is 0.404. The summed E-state index contributed by atoms with van der Waals surface area (Å²) in [5, 5.41) is 9.28. The molecule has 0 aromatic heterocycles. The largest absolute Gasteiger partial charge is 0.508 e. The van der Waals surface area contributed by atoms with Gasteiger partial charge in [-0.05, 0) is 34.7 Å². The molecule has 0 saturated heterocycles. The van der Waals surface area contributed by atoms with E-state index in [1.807, 2.05) is 12.1 Å². The highest BCUT2D eigenvalue weighted by atomic mass is 127. The predicted molar refractivity (Wildman–Crippen MR) is 58.5 cm³/mol. The lowest BCUT2D eigenvalue weighted by atomic mass is 10.2. The number of alkyl halides is 1. The quantitative estimate of drug-likeness (QED) is 0.604. The molecule has 54 valence electrons. The van der Waals surface area contributed by atoms with Gasteiger partial charge in [0, 0.05) is 13.6 Å². The van der Waals surface area contributed by atoms with Gasteiger partial charge in [-0.2, -0.15) is 0 Å². The van der Waals surface area contributed by atoms with Crippen molar-refractivity contribution in [2.24, 2.45) is 0 Å². The Bertz CT molecular complexity index is 235. The Kier molecular flexibility index (Phi) is 3.22. The fourth-order valence-corrected chi connectivity index (χ4v) is 1.77. The highest BCUT2D eigenvalue weighted by molar-refractivity contribution is 14.1. The minimum atomic E-state index is 0.404. The molecule has 0 saturated carbocycles. The first kappa shape index (κ1) is 8.58. The molecule has 0 aliphatic rings. The van der Waals surface area contributed by atoms with Crippen LogP contribution in [-0.2, 0) is 4.43 Å². The van der Waals surface area contributed by atoms with Crippen molar-refractivity contribution in [1.29, 1.82) is 0 Å². The number of hydrogen-bond donors (Lipinski definition) is 1. The Morgan fingerprint density at radius 2 is 2.10 bits per heavy atom. The van der Waals surface area contributed by atoms with Gasteiger partial charge in [0.05, 0.1) is 0 Å². The lowest BCUT2D eigenvalue weighted by Crippen LogP contribution is -1.79. The summed E-state index contributed by atoms with van der Waals surface area (Å²) in [4.78, 5) is 0. The first-order valence-corrected chi connectivity index (χ1v) is 5.38. The van der Waals surface area contributed by atoms with Crippen LogP contribution in [0.2, 0.25) is 0 Å². The van der Waals surface area contributed by atoms with Crippen molar-refractivity contribution < 1.29 is 5.11 Å². The molecule has 0 fully saturated rings. The van der Waals surface area contributed by atoms with E-state index in [9.17, 15) is 5.11 Å². The van der Waals surface area contributed by atoms with Crippen molar-refractivity contribution in [3.63, 3.8) is 0 Å². The van der Waals surface area contributed by atoms with Gasteiger partial charge in [-0.15, -0.1) is 0 Å². The number of hydrogen-bond acceptors (Lipinski definition) is 1. The van der Waals surface area contributed by atoms with Gasteiger partial charge >= 0.3 is 0 Å². The van der Waals surface area contributed by atoms with E-state index in [1.165, 1.54) is 0 Å². The first-order chi connectivity index (χ1) is 4.74. The number of benzene rings is 1. The smallest absolute Gasteiger partial charge is 0.120 e. The number of phenolic OH excluding ortho intramolecular Hbond substituents is 1. The Morgan fingerprint density at radius 3 is 2.60 bits per heavy atom. The third-order valence-electron chi connectivity index (χ3n) is 1.19. The van der Waals surface area contributed by atoms with Crippen molar-refractivity contribution in [2.45, 2.75) is 4.43 Å².